The summed E-state index contributed by atoms with van der Waals surface area (Å²) in [6.45, 7) is 6.65. The van der Waals surface area contributed by atoms with Crippen molar-refractivity contribution in [3.63, 3.8) is 0 Å². The monoisotopic (exact) mass is 468 g/mol. The molecule has 176 valence electrons. The van der Waals surface area contributed by atoms with Crippen molar-refractivity contribution in [1.82, 2.24) is 0 Å². The van der Waals surface area contributed by atoms with Gasteiger partial charge < -0.3 is 14.8 Å². The third kappa shape index (κ3) is 8.14. The first-order chi connectivity index (χ1) is 15.9. The van der Waals surface area contributed by atoms with Crippen molar-refractivity contribution in [2.75, 3.05) is 19.0 Å². The molecule has 0 saturated heterocycles. The van der Waals surface area contributed by atoms with E-state index < -0.39 is 5.91 Å². The molecule has 0 aliphatic heterocycles. The molecule has 0 bridgehead atoms. The number of nitrogens with zero attached hydrogens (tertiary/aromatic N) is 1. The Kier molecular flexibility index (Phi) is 10.8. The summed E-state index contributed by atoms with van der Waals surface area (Å²) in [6.07, 6.45) is 8.50. The van der Waals surface area contributed by atoms with Gasteiger partial charge in [-0.25, -0.2) is 0 Å². The summed E-state index contributed by atoms with van der Waals surface area (Å²) in [5, 5.41) is 12.7. The number of nitrogens with one attached hydrogen (secondary N) is 1. The molecule has 0 saturated carbocycles. The lowest BCUT2D eigenvalue weighted by Crippen LogP contribution is -2.14. The van der Waals surface area contributed by atoms with Crippen LogP contribution in [0.25, 0.3) is 6.08 Å². The van der Waals surface area contributed by atoms with Gasteiger partial charge in [0.2, 0.25) is 0 Å². The van der Waals surface area contributed by atoms with Crippen LogP contribution in [-0.4, -0.2) is 19.6 Å². The Balaban J connectivity index is 2.10. The molecule has 0 aliphatic rings. The highest BCUT2D eigenvalue weighted by Gasteiger charge is 2.15. The maximum absolute atomic E-state index is 12.7. The van der Waals surface area contributed by atoms with Crippen molar-refractivity contribution in [3.05, 3.63) is 57.6 Å². The molecule has 0 spiro atoms. The molecule has 5 nitrogen and oxygen atoms in total. The fourth-order valence-electron chi connectivity index (χ4n) is 3.48. The van der Waals surface area contributed by atoms with Gasteiger partial charge in [0.15, 0.2) is 11.5 Å². The number of carbonyl (C=O) groups is 1. The molecule has 2 aromatic rings. The van der Waals surface area contributed by atoms with Crippen LogP contribution < -0.4 is 14.8 Å². The number of anilines is 1. The summed E-state index contributed by atoms with van der Waals surface area (Å²) in [6, 6.07) is 11.1. The van der Waals surface area contributed by atoms with Crippen LogP contribution in [0.4, 0.5) is 5.69 Å². The molecule has 6 heteroatoms. The van der Waals surface area contributed by atoms with Crippen LogP contribution in [0.2, 0.25) is 5.02 Å². The van der Waals surface area contributed by atoms with Crippen molar-refractivity contribution < 1.29 is 14.3 Å². The minimum absolute atomic E-state index is 0.0335. The van der Waals surface area contributed by atoms with Crippen LogP contribution in [-0.2, 0) is 4.79 Å². The third-order valence-corrected chi connectivity index (χ3v) is 5.58. The Morgan fingerprint density at radius 2 is 1.85 bits per heavy atom. The van der Waals surface area contributed by atoms with Gasteiger partial charge in [-0.1, -0.05) is 68.3 Å². The molecule has 0 fully saturated rings. The number of ether oxygens (including phenoxy) is 2. The molecule has 2 aromatic carbocycles. The van der Waals surface area contributed by atoms with Gasteiger partial charge in [-0.05, 0) is 55.7 Å². The number of methoxy groups -OCH3 is 1. The average Bonchev–Trinajstić information content (AvgIpc) is 2.79. The van der Waals surface area contributed by atoms with E-state index in [0.29, 0.717) is 34.4 Å². The second kappa shape index (κ2) is 13.5. The maximum atomic E-state index is 12.7. The van der Waals surface area contributed by atoms with Gasteiger partial charge in [0.25, 0.3) is 5.91 Å². The number of benzene rings is 2. The number of carbonyl (C=O) groups excluding carboxylic acids is 1. The number of halogens is 1. The standard InChI is InChI=1S/C27H33ClN2O3/c1-5-6-7-8-9-10-13-33-26-23(28)16-21(17-25(26)32-4)15-22(18-29)27(31)30-24-12-11-19(2)14-20(24)3/h11-12,14-17H,5-10,13H2,1-4H3,(H,30,31). The van der Waals surface area contributed by atoms with Gasteiger partial charge in [-0.3, -0.25) is 4.79 Å². The lowest BCUT2D eigenvalue weighted by atomic mass is 10.1. The van der Waals surface area contributed by atoms with E-state index in [2.05, 4.69) is 12.2 Å². The predicted octanol–water partition coefficient (Wildman–Crippen LogP) is 7.25. The molecular formula is C27H33ClN2O3. The first kappa shape index (κ1) is 26.3. The minimum Gasteiger partial charge on any atom is -0.493 e. The van der Waals surface area contributed by atoms with E-state index in [1.807, 2.05) is 38.1 Å². The molecule has 0 heterocycles. The third-order valence-electron chi connectivity index (χ3n) is 5.30. The fraction of sp³-hybridized carbons (Fsp3) is 0.407. The van der Waals surface area contributed by atoms with E-state index in [4.69, 9.17) is 21.1 Å². The summed E-state index contributed by atoms with van der Waals surface area (Å²) in [7, 11) is 1.54. The quantitative estimate of drug-likeness (QED) is 0.202. The van der Waals surface area contributed by atoms with Crippen LogP contribution in [0.1, 0.15) is 62.1 Å². The van der Waals surface area contributed by atoms with Gasteiger partial charge in [-0.2, -0.15) is 5.26 Å². The smallest absolute Gasteiger partial charge is 0.266 e. The minimum atomic E-state index is -0.483. The Labute approximate surface area is 202 Å². The highest BCUT2D eigenvalue weighted by Crippen LogP contribution is 2.37. The van der Waals surface area contributed by atoms with Crippen molar-refractivity contribution in [2.45, 2.75) is 59.3 Å². The van der Waals surface area contributed by atoms with Crippen molar-refractivity contribution in [1.29, 1.82) is 5.26 Å². The van der Waals surface area contributed by atoms with Gasteiger partial charge in [0, 0.05) is 5.69 Å². The van der Waals surface area contributed by atoms with Crippen LogP contribution >= 0.6 is 11.6 Å². The Morgan fingerprint density at radius 3 is 2.52 bits per heavy atom. The average molecular weight is 469 g/mol. The maximum Gasteiger partial charge on any atom is 0.266 e. The Hall–Kier alpha value is -2.97. The second-order valence-electron chi connectivity index (χ2n) is 8.09. The number of amides is 1. The van der Waals surface area contributed by atoms with Crippen molar-refractivity contribution >= 4 is 29.3 Å². The van der Waals surface area contributed by atoms with Gasteiger partial charge in [0.05, 0.1) is 18.7 Å². The normalized spacial score (nSPS) is 11.1. The highest BCUT2D eigenvalue weighted by atomic mass is 35.5. The Bertz CT molecular complexity index is 1020. The molecule has 2 rings (SSSR count). The lowest BCUT2D eigenvalue weighted by molar-refractivity contribution is -0.112. The number of nitriles is 1. The van der Waals surface area contributed by atoms with Gasteiger partial charge in [0.1, 0.15) is 11.6 Å². The molecule has 0 radical (unpaired) electrons. The van der Waals surface area contributed by atoms with E-state index in [0.717, 1.165) is 24.0 Å². The van der Waals surface area contributed by atoms with E-state index in [-0.39, 0.29) is 5.57 Å². The zero-order valence-corrected chi connectivity index (χ0v) is 20.7. The molecular weight excluding hydrogens is 436 g/mol. The number of hydrogen-bond donors (Lipinski definition) is 1. The largest absolute Gasteiger partial charge is 0.493 e. The van der Waals surface area contributed by atoms with Crippen LogP contribution in [0.5, 0.6) is 11.5 Å². The molecule has 0 aromatic heterocycles. The van der Waals surface area contributed by atoms with E-state index in [9.17, 15) is 10.1 Å². The van der Waals surface area contributed by atoms with Crippen molar-refractivity contribution in [3.8, 4) is 17.6 Å². The topological polar surface area (TPSA) is 71.3 Å². The number of unbranched alkanes of at least 4 members (excludes halogenated alkanes) is 5. The first-order valence-corrected chi connectivity index (χ1v) is 11.8. The molecule has 1 amide bonds. The summed E-state index contributed by atoms with van der Waals surface area (Å²) < 4.78 is 11.3. The van der Waals surface area contributed by atoms with Gasteiger partial charge in [-0.15, -0.1) is 0 Å². The molecule has 1 N–H and O–H groups in total. The predicted molar refractivity (Wildman–Crippen MR) is 135 cm³/mol. The second-order valence-corrected chi connectivity index (χ2v) is 8.50. The van der Waals surface area contributed by atoms with E-state index >= 15 is 0 Å². The number of hydrogen-bond acceptors (Lipinski definition) is 4. The summed E-state index contributed by atoms with van der Waals surface area (Å²) >= 11 is 6.45. The highest BCUT2D eigenvalue weighted by molar-refractivity contribution is 6.32. The first-order valence-electron chi connectivity index (χ1n) is 11.4. The molecule has 0 atom stereocenters. The van der Waals surface area contributed by atoms with Crippen LogP contribution in [0.3, 0.4) is 0 Å². The number of rotatable bonds is 12. The zero-order chi connectivity index (χ0) is 24.2. The van der Waals surface area contributed by atoms with Crippen molar-refractivity contribution in [2.24, 2.45) is 0 Å². The van der Waals surface area contributed by atoms with Crippen LogP contribution in [0.15, 0.2) is 35.9 Å². The van der Waals surface area contributed by atoms with E-state index in [1.54, 1.807) is 12.1 Å². The number of aryl methyl sites for hydroxylation is 2. The lowest BCUT2D eigenvalue weighted by Gasteiger charge is -2.13. The summed E-state index contributed by atoms with van der Waals surface area (Å²) in [5.41, 5.74) is 3.24. The summed E-state index contributed by atoms with van der Waals surface area (Å²) in [5.74, 6) is 0.456. The molecule has 33 heavy (non-hydrogen) atoms. The van der Waals surface area contributed by atoms with E-state index in [1.165, 1.54) is 38.9 Å². The molecule has 0 aliphatic carbocycles. The van der Waals surface area contributed by atoms with Crippen LogP contribution in [0, 0.1) is 25.2 Å². The zero-order valence-electron chi connectivity index (χ0n) is 20.0. The van der Waals surface area contributed by atoms with Gasteiger partial charge >= 0.3 is 0 Å². The fourth-order valence-corrected chi connectivity index (χ4v) is 3.75. The SMILES string of the molecule is CCCCCCCCOc1c(Cl)cc(C=C(C#N)C(=O)Nc2ccc(C)cc2C)cc1OC. The molecule has 0 unspecified atom stereocenters. The Morgan fingerprint density at radius 1 is 1.12 bits per heavy atom. The summed E-state index contributed by atoms with van der Waals surface area (Å²) in [4.78, 5) is 12.7.